The zero-order valence-electron chi connectivity index (χ0n) is 9.85. The minimum Gasteiger partial charge on any atom is -0.307 e. The molecule has 0 amide bonds. The fourth-order valence-electron chi connectivity index (χ4n) is 1.88. The van der Waals surface area contributed by atoms with E-state index in [1.54, 1.807) is 4.57 Å². The highest BCUT2D eigenvalue weighted by Gasteiger charge is 2.10. The Bertz CT molecular complexity index is 575. The summed E-state index contributed by atoms with van der Waals surface area (Å²) in [4.78, 5) is 12.1. The molecule has 1 atom stereocenters. The van der Waals surface area contributed by atoms with Crippen molar-refractivity contribution in [3.05, 3.63) is 68.5 Å². The van der Waals surface area contributed by atoms with Crippen LogP contribution in [0.25, 0.3) is 0 Å². The Morgan fingerprint density at radius 3 is 2.53 bits per heavy atom. The van der Waals surface area contributed by atoms with E-state index in [9.17, 15) is 4.79 Å². The molecule has 3 heteroatoms. The minimum atomic E-state index is 0.0416. The molecule has 1 unspecified atom stereocenters. The molecule has 0 aliphatic heterocycles. The number of halogens is 1. The molecule has 0 spiro atoms. The molecule has 0 bridgehead atoms. The molecule has 0 fully saturated rings. The van der Waals surface area contributed by atoms with Crippen LogP contribution in [0.15, 0.2) is 51.9 Å². The van der Waals surface area contributed by atoms with E-state index in [4.69, 9.17) is 0 Å². The lowest BCUT2D eigenvalue weighted by molar-refractivity contribution is 0.609. The minimum absolute atomic E-state index is 0.0416. The van der Waals surface area contributed by atoms with Crippen molar-refractivity contribution in [2.75, 3.05) is 0 Å². The van der Waals surface area contributed by atoms with Crippen molar-refractivity contribution in [3.63, 3.8) is 0 Å². The van der Waals surface area contributed by atoms with Gasteiger partial charge >= 0.3 is 0 Å². The van der Waals surface area contributed by atoms with Gasteiger partial charge in [-0.3, -0.25) is 4.79 Å². The van der Waals surface area contributed by atoms with Crippen molar-refractivity contribution in [3.8, 4) is 0 Å². The van der Waals surface area contributed by atoms with Crippen LogP contribution in [0, 0.1) is 6.92 Å². The lowest BCUT2D eigenvalue weighted by Crippen LogP contribution is -2.25. The first-order valence-corrected chi connectivity index (χ1v) is 6.32. The van der Waals surface area contributed by atoms with Crippen LogP contribution in [-0.4, -0.2) is 4.57 Å². The largest absolute Gasteiger partial charge is 0.307 e. The van der Waals surface area contributed by atoms with E-state index in [-0.39, 0.29) is 11.6 Å². The monoisotopic (exact) mass is 291 g/mol. The third kappa shape index (κ3) is 2.50. The number of rotatable bonds is 2. The van der Waals surface area contributed by atoms with Gasteiger partial charge in [0.15, 0.2) is 0 Å². The fourth-order valence-corrected chi connectivity index (χ4v) is 2.44. The summed E-state index contributed by atoms with van der Waals surface area (Å²) in [5, 5.41) is 0. The van der Waals surface area contributed by atoms with Crippen LogP contribution in [0.5, 0.6) is 0 Å². The van der Waals surface area contributed by atoms with E-state index in [0.29, 0.717) is 0 Å². The van der Waals surface area contributed by atoms with Gasteiger partial charge in [0.1, 0.15) is 0 Å². The van der Waals surface area contributed by atoms with Crippen LogP contribution in [0.1, 0.15) is 24.1 Å². The maximum absolute atomic E-state index is 12.1. The first-order valence-electron chi connectivity index (χ1n) is 5.53. The molecule has 2 aromatic rings. The van der Waals surface area contributed by atoms with Crippen molar-refractivity contribution in [2.24, 2.45) is 0 Å². The van der Waals surface area contributed by atoms with Crippen LogP contribution in [-0.2, 0) is 0 Å². The molecule has 17 heavy (non-hydrogen) atoms. The molecule has 1 heterocycles. The van der Waals surface area contributed by atoms with Gasteiger partial charge in [0, 0.05) is 16.2 Å². The molecule has 0 saturated carbocycles. The number of aryl methyl sites for hydroxylation is 1. The first kappa shape index (κ1) is 12.1. The van der Waals surface area contributed by atoms with E-state index < -0.39 is 0 Å². The Kier molecular flexibility index (Phi) is 3.48. The topological polar surface area (TPSA) is 22.0 Å². The highest BCUT2D eigenvalue weighted by Crippen LogP contribution is 2.18. The van der Waals surface area contributed by atoms with Crippen LogP contribution in [0.2, 0.25) is 0 Å². The number of hydrogen-bond donors (Lipinski definition) is 0. The lowest BCUT2D eigenvalue weighted by atomic mass is 10.1. The smallest absolute Gasteiger partial charge is 0.254 e. The van der Waals surface area contributed by atoms with Crippen LogP contribution in [0.4, 0.5) is 0 Å². The average molecular weight is 292 g/mol. The van der Waals surface area contributed by atoms with Gasteiger partial charge < -0.3 is 4.57 Å². The summed E-state index contributed by atoms with van der Waals surface area (Å²) < 4.78 is 2.69. The van der Waals surface area contributed by atoms with Gasteiger partial charge in [0.05, 0.1) is 6.04 Å². The van der Waals surface area contributed by atoms with Gasteiger partial charge in [0.2, 0.25) is 0 Å². The maximum atomic E-state index is 12.1. The van der Waals surface area contributed by atoms with Crippen LogP contribution < -0.4 is 5.56 Å². The summed E-state index contributed by atoms with van der Waals surface area (Å²) in [5.41, 5.74) is 1.94. The van der Waals surface area contributed by atoms with Gasteiger partial charge in [-0.05, 0) is 41.4 Å². The number of benzene rings is 1. The first-order chi connectivity index (χ1) is 8.09. The zero-order valence-corrected chi connectivity index (χ0v) is 11.4. The molecule has 0 aliphatic rings. The van der Waals surface area contributed by atoms with Crippen molar-refractivity contribution >= 4 is 15.9 Å². The van der Waals surface area contributed by atoms with Crippen molar-refractivity contribution in [1.29, 1.82) is 0 Å². The van der Waals surface area contributed by atoms with Crippen molar-refractivity contribution in [2.45, 2.75) is 19.9 Å². The standard InChI is InChI=1S/C14H14BrNO/c1-10-8-13(15)9-16(14(10)17)11(2)12-6-4-3-5-7-12/h3-9,11H,1-2H3. The number of pyridine rings is 1. The molecule has 1 aromatic carbocycles. The number of nitrogens with zero attached hydrogens (tertiary/aromatic N) is 1. The highest BCUT2D eigenvalue weighted by atomic mass is 79.9. The molecule has 1 aromatic heterocycles. The SMILES string of the molecule is Cc1cc(Br)cn(C(C)c2ccccc2)c1=O. The fraction of sp³-hybridized carbons (Fsp3) is 0.214. The summed E-state index contributed by atoms with van der Waals surface area (Å²) in [5.74, 6) is 0. The second-order valence-electron chi connectivity index (χ2n) is 4.14. The lowest BCUT2D eigenvalue weighted by Gasteiger charge is -2.16. The molecule has 88 valence electrons. The Labute approximate surface area is 109 Å². The molecule has 0 N–H and O–H groups in total. The Hall–Kier alpha value is -1.35. The molecule has 0 radical (unpaired) electrons. The highest BCUT2D eigenvalue weighted by molar-refractivity contribution is 9.10. The maximum Gasteiger partial charge on any atom is 0.254 e. The molecule has 0 saturated heterocycles. The Balaban J connectivity index is 2.52. The average Bonchev–Trinajstić information content (AvgIpc) is 2.34. The molecular weight excluding hydrogens is 278 g/mol. The van der Waals surface area contributed by atoms with Crippen molar-refractivity contribution < 1.29 is 0 Å². The number of aromatic nitrogens is 1. The predicted octanol–water partition coefficient (Wildman–Crippen LogP) is 3.53. The van der Waals surface area contributed by atoms with E-state index in [1.807, 2.05) is 56.4 Å². The van der Waals surface area contributed by atoms with E-state index in [1.165, 1.54) is 0 Å². The second-order valence-corrected chi connectivity index (χ2v) is 5.06. The summed E-state index contributed by atoms with van der Waals surface area (Å²) in [6.45, 7) is 3.86. The summed E-state index contributed by atoms with van der Waals surface area (Å²) in [7, 11) is 0. The van der Waals surface area contributed by atoms with Gasteiger partial charge in [0.25, 0.3) is 5.56 Å². The van der Waals surface area contributed by atoms with Gasteiger partial charge in [-0.1, -0.05) is 30.3 Å². The number of hydrogen-bond acceptors (Lipinski definition) is 1. The zero-order chi connectivity index (χ0) is 12.4. The Morgan fingerprint density at radius 2 is 1.88 bits per heavy atom. The van der Waals surface area contributed by atoms with E-state index in [2.05, 4.69) is 15.9 Å². The second kappa shape index (κ2) is 4.88. The summed E-state index contributed by atoms with van der Waals surface area (Å²) in [6, 6.07) is 11.9. The van der Waals surface area contributed by atoms with Crippen molar-refractivity contribution in [1.82, 2.24) is 4.57 Å². The molecule has 2 nitrogen and oxygen atoms in total. The summed E-state index contributed by atoms with van der Waals surface area (Å²) >= 11 is 3.43. The van der Waals surface area contributed by atoms with Crippen LogP contribution >= 0.6 is 15.9 Å². The quantitative estimate of drug-likeness (QED) is 0.830. The molecule has 0 aliphatic carbocycles. The molecule has 2 rings (SSSR count). The Morgan fingerprint density at radius 1 is 1.24 bits per heavy atom. The molecular formula is C14H14BrNO. The predicted molar refractivity (Wildman–Crippen MR) is 73.4 cm³/mol. The summed E-state index contributed by atoms with van der Waals surface area (Å²) in [6.07, 6.45) is 1.84. The van der Waals surface area contributed by atoms with Gasteiger partial charge in [-0.25, -0.2) is 0 Å². The van der Waals surface area contributed by atoms with E-state index >= 15 is 0 Å². The van der Waals surface area contributed by atoms with Gasteiger partial charge in [-0.15, -0.1) is 0 Å². The van der Waals surface area contributed by atoms with Crippen LogP contribution in [0.3, 0.4) is 0 Å². The third-order valence-corrected chi connectivity index (χ3v) is 3.32. The normalized spacial score (nSPS) is 12.4. The van der Waals surface area contributed by atoms with Gasteiger partial charge in [-0.2, -0.15) is 0 Å². The van der Waals surface area contributed by atoms with E-state index in [0.717, 1.165) is 15.6 Å². The third-order valence-electron chi connectivity index (χ3n) is 2.89.